The van der Waals surface area contributed by atoms with Gasteiger partial charge in [0.2, 0.25) is 5.91 Å². The largest absolute Gasteiger partial charge is 0.340 e. The quantitative estimate of drug-likeness (QED) is 0.860. The van der Waals surface area contributed by atoms with Crippen molar-refractivity contribution in [3.05, 3.63) is 30.3 Å². The third-order valence-corrected chi connectivity index (χ3v) is 3.81. The molecule has 1 amide bonds. The second-order valence-corrected chi connectivity index (χ2v) is 5.21. The Balaban J connectivity index is 0.00000162. The molecule has 0 saturated carbocycles. The highest BCUT2D eigenvalue weighted by molar-refractivity contribution is 7.99. The Hall–Kier alpha value is -0.710. The molecular weight excluding hydrogens is 268 g/mol. The minimum Gasteiger partial charge on any atom is -0.340 e. The van der Waals surface area contributed by atoms with E-state index < -0.39 is 0 Å². The number of thioether (sulfide) groups is 1. The van der Waals surface area contributed by atoms with Gasteiger partial charge in [0.15, 0.2) is 0 Å². The molecule has 1 aliphatic heterocycles. The Morgan fingerprint density at radius 2 is 1.89 bits per heavy atom. The maximum Gasteiger partial charge on any atom is 0.223 e. The minimum absolute atomic E-state index is 0. The lowest BCUT2D eigenvalue weighted by Gasteiger charge is -2.27. The summed E-state index contributed by atoms with van der Waals surface area (Å²) in [6.45, 7) is 3.57. The van der Waals surface area contributed by atoms with Crippen LogP contribution in [-0.2, 0) is 4.79 Å². The van der Waals surface area contributed by atoms with E-state index in [0.717, 1.165) is 31.9 Å². The maximum atomic E-state index is 11.9. The van der Waals surface area contributed by atoms with Crippen LogP contribution in [0.4, 0.5) is 0 Å². The Morgan fingerprint density at radius 1 is 1.22 bits per heavy atom. The molecule has 1 saturated heterocycles. The fourth-order valence-electron chi connectivity index (χ4n) is 1.85. The number of hydrogen-bond donors (Lipinski definition) is 1. The molecular formula is C13H19ClN2OS. The second-order valence-electron chi connectivity index (χ2n) is 4.04. The van der Waals surface area contributed by atoms with Crippen molar-refractivity contribution in [3.8, 4) is 0 Å². The van der Waals surface area contributed by atoms with Gasteiger partial charge in [0.1, 0.15) is 0 Å². The highest BCUT2D eigenvalue weighted by Gasteiger charge is 2.15. The predicted molar refractivity (Wildman–Crippen MR) is 78.5 cm³/mol. The highest BCUT2D eigenvalue weighted by atomic mass is 35.5. The smallest absolute Gasteiger partial charge is 0.223 e. The van der Waals surface area contributed by atoms with Gasteiger partial charge in [-0.15, -0.1) is 24.2 Å². The molecule has 5 heteroatoms. The van der Waals surface area contributed by atoms with Gasteiger partial charge in [-0.25, -0.2) is 0 Å². The van der Waals surface area contributed by atoms with Gasteiger partial charge in [-0.05, 0) is 12.1 Å². The van der Waals surface area contributed by atoms with Crippen molar-refractivity contribution < 1.29 is 4.79 Å². The first-order valence-corrected chi connectivity index (χ1v) is 7.01. The molecule has 1 aromatic carbocycles. The summed E-state index contributed by atoms with van der Waals surface area (Å²) in [5, 5.41) is 3.25. The van der Waals surface area contributed by atoms with Crippen LogP contribution in [0.5, 0.6) is 0 Å². The Bertz CT molecular complexity index is 355. The molecule has 1 N–H and O–H groups in total. The molecule has 0 aromatic heterocycles. The molecule has 0 unspecified atom stereocenters. The summed E-state index contributed by atoms with van der Waals surface area (Å²) in [6, 6.07) is 10.2. The summed E-state index contributed by atoms with van der Waals surface area (Å²) in [6.07, 6.45) is 0.638. The summed E-state index contributed by atoms with van der Waals surface area (Å²) in [5.74, 6) is 1.15. The maximum absolute atomic E-state index is 11.9. The Labute approximate surface area is 119 Å². The van der Waals surface area contributed by atoms with Crippen molar-refractivity contribution in [2.45, 2.75) is 11.3 Å². The molecule has 1 aliphatic rings. The molecule has 1 aromatic rings. The molecule has 0 atom stereocenters. The van der Waals surface area contributed by atoms with E-state index in [1.165, 1.54) is 4.90 Å². The lowest BCUT2D eigenvalue weighted by Crippen LogP contribution is -2.46. The van der Waals surface area contributed by atoms with E-state index in [1.54, 1.807) is 11.8 Å². The summed E-state index contributed by atoms with van der Waals surface area (Å²) in [7, 11) is 0. The number of carbonyl (C=O) groups is 1. The van der Waals surface area contributed by atoms with Crippen LogP contribution in [0, 0.1) is 0 Å². The van der Waals surface area contributed by atoms with E-state index >= 15 is 0 Å². The number of rotatable bonds is 4. The van der Waals surface area contributed by atoms with Crippen molar-refractivity contribution in [2.24, 2.45) is 0 Å². The number of hydrogen-bond acceptors (Lipinski definition) is 3. The number of halogens is 1. The fourth-order valence-corrected chi connectivity index (χ4v) is 2.71. The van der Waals surface area contributed by atoms with Crippen molar-refractivity contribution in [1.82, 2.24) is 10.2 Å². The van der Waals surface area contributed by atoms with E-state index in [2.05, 4.69) is 17.4 Å². The van der Waals surface area contributed by atoms with Crippen LogP contribution in [0.1, 0.15) is 6.42 Å². The zero-order valence-corrected chi connectivity index (χ0v) is 11.9. The van der Waals surface area contributed by atoms with Crippen LogP contribution in [-0.4, -0.2) is 42.7 Å². The van der Waals surface area contributed by atoms with Crippen molar-refractivity contribution in [2.75, 3.05) is 31.9 Å². The van der Waals surface area contributed by atoms with Gasteiger partial charge in [0, 0.05) is 43.2 Å². The van der Waals surface area contributed by atoms with Crippen molar-refractivity contribution >= 4 is 30.1 Å². The molecule has 0 radical (unpaired) electrons. The number of nitrogens with one attached hydrogen (secondary N) is 1. The average molecular weight is 287 g/mol. The number of benzene rings is 1. The standard InChI is InChI=1S/C13H18N2OS.ClH/c16-13(15-9-7-14-8-10-15)6-11-17-12-4-2-1-3-5-12;/h1-5,14H,6-11H2;1H. The second kappa shape index (κ2) is 8.40. The average Bonchev–Trinajstić information content (AvgIpc) is 2.41. The van der Waals surface area contributed by atoms with Crippen molar-refractivity contribution in [3.63, 3.8) is 0 Å². The number of carbonyl (C=O) groups excluding carboxylic acids is 1. The van der Waals surface area contributed by atoms with Gasteiger partial charge >= 0.3 is 0 Å². The topological polar surface area (TPSA) is 32.3 Å². The van der Waals surface area contributed by atoms with E-state index in [-0.39, 0.29) is 18.3 Å². The van der Waals surface area contributed by atoms with Gasteiger partial charge in [0.25, 0.3) is 0 Å². The zero-order valence-electron chi connectivity index (χ0n) is 10.3. The summed E-state index contributed by atoms with van der Waals surface area (Å²) >= 11 is 1.75. The van der Waals surface area contributed by atoms with E-state index in [9.17, 15) is 4.79 Å². The third-order valence-electron chi connectivity index (χ3n) is 2.80. The molecule has 1 heterocycles. The first-order chi connectivity index (χ1) is 8.36. The van der Waals surface area contributed by atoms with Crippen LogP contribution in [0.2, 0.25) is 0 Å². The fraction of sp³-hybridized carbons (Fsp3) is 0.462. The van der Waals surface area contributed by atoms with Gasteiger partial charge in [0.05, 0.1) is 0 Å². The number of piperazine rings is 1. The van der Waals surface area contributed by atoms with Crippen LogP contribution in [0.15, 0.2) is 35.2 Å². The lowest BCUT2D eigenvalue weighted by atomic mass is 10.3. The molecule has 1 fully saturated rings. The normalized spacial score (nSPS) is 15.0. The first-order valence-electron chi connectivity index (χ1n) is 6.02. The molecule has 18 heavy (non-hydrogen) atoms. The molecule has 0 spiro atoms. The molecule has 2 rings (SSSR count). The molecule has 3 nitrogen and oxygen atoms in total. The first kappa shape index (κ1) is 15.3. The van der Waals surface area contributed by atoms with Crippen LogP contribution in [0.25, 0.3) is 0 Å². The van der Waals surface area contributed by atoms with Crippen LogP contribution in [0.3, 0.4) is 0 Å². The van der Waals surface area contributed by atoms with Crippen LogP contribution < -0.4 is 5.32 Å². The SMILES string of the molecule is Cl.O=C(CCSc1ccccc1)N1CCNCC1. The number of nitrogens with zero attached hydrogens (tertiary/aromatic N) is 1. The lowest BCUT2D eigenvalue weighted by molar-refractivity contribution is -0.131. The summed E-state index contributed by atoms with van der Waals surface area (Å²) in [5.41, 5.74) is 0. The van der Waals surface area contributed by atoms with E-state index in [4.69, 9.17) is 0 Å². The molecule has 100 valence electrons. The predicted octanol–water partition coefficient (Wildman–Crippen LogP) is 2.02. The summed E-state index contributed by atoms with van der Waals surface area (Å²) < 4.78 is 0. The third kappa shape index (κ3) is 4.88. The van der Waals surface area contributed by atoms with E-state index in [0.29, 0.717) is 6.42 Å². The Kier molecular flexibility index (Phi) is 7.16. The summed E-state index contributed by atoms with van der Waals surface area (Å²) in [4.78, 5) is 15.1. The van der Waals surface area contributed by atoms with Gasteiger partial charge < -0.3 is 10.2 Å². The monoisotopic (exact) mass is 286 g/mol. The van der Waals surface area contributed by atoms with Crippen LogP contribution >= 0.6 is 24.2 Å². The number of amides is 1. The van der Waals surface area contributed by atoms with Gasteiger partial charge in [-0.3, -0.25) is 4.79 Å². The van der Waals surface area contributed by atoms with E-state index in [1.807, 2.05) is 23.1 Å². The van der Waals surface area contributed by atoms with Crippen molar-refractivity contribution in [1.29, 1.82) is 0 Å². The Morgan fingerprint density at radius 3 is 2.56 bits per heavy atom. The minimum atomic E-state index is 0. The molecule has 0 aliphatic carbocycles. The highest BCUT2D eigenvalue weighted by Crippen LogP contribution is 2.18. The van der Waals surface area contributed by atoms with Gasteiger partial charge in [-0.1, -0.05) is 18.2 Å². The molecule has 0 bridgehead atoms. The van der Waals surface area contributed by atoms with Gasteiger partial charge in [-0.2, -0.15) is 0 Å². The zero-order chi connectivity index (χ0) is 11.9.